The highest BCUT2D eigenvalue weighted by Gasteiger charge is 2.17. The molecule has 0 aliphatic carbocycles. The maximum Gasteiger partial charge on any atom is 0.249 e. The van der Waals surface area contributed by atoms with Gasteiger partial charge in [0.1, 0.15) is 0 Å². The van der Waals surface area contributed by atoms with E-state index in [1.54, 1.807) is 0 Å². The van der Waals surface area contributed by atoms with Crippen molar-refractivity contribution in [1.29, 1.82) is 0 Å². The molecule has 0 aliphatic rings. The van der Waals surface area contributed by atoms with Crippen molar-refractivity contribution in [2.45, 2.75) is 19.9 Å². The van der Waals surface area contributed by atoms with Crippen LogP contribution in [-0.4, -0.2) is 10.5 Å². The number of aryl methyl sites for hydroxylation is 1. The van der Waals surface area contributed by atoms with E-state index in [9.17, 15) is 4.79 Å². The number of hydrogen-bond donors (Lipinski definition) is 1. The molecule has 0 aliphatic heterocycles. The zero-order valence-electron chi connectivity index (χ0n) is 17.5. The van der Waals surface area contributed by atoms with Crippen LogP contribution in [0.25, 0.3) is 32.9 Å². The number of aromatic nitrogens is 1. The van der Waals surface area contributed by atoms with E-state index in [1.807, 2.05) is 18.2 Å². The van der Waals surface area contributed by atoms with Crippen LogP contribution in [0.2, 0.25) is 0 Å². The molecule has 1 amide bonds. The lowest BCUT2D eigenvalue weighted by Gasteiger charge is -2.10. The second-order valence-electron chi connectivity index (χ2n) is 7.92. The Morgan fingerprint density at radius 2 is 1.55 bits per heavy atom. The molecule has 0 saturated carbocycles. The molecule has 0 saturated heterocycles. The predicted octanol–water partition coefficient (Wildman–Crippen LogP) is 6.17. The lowest BCUT2D eigenvalue weighted by Crippen LogP contribution is -2.11. The molecule has 152 valence electrons. The van der Waals surface area contributed by atoms with Gasteiger partial charge in [0.15, 0.2) is 0 Å². The summed E-state index contributed by atoms with van der Waals surface area (Å²) < 4.78 is 2.30. The van der Waals surface area contributed by atoms with Gasteiger partial charge in [-0.25, -0.2) is 0 Å². The van der Waals surface area contributed by atoms with Gasteiger partial charge in [-0.1, -0.05) is 79.7 Å². The smallest absolute Gasteiger partial charge is 0.249 e. The van der Waals surface area contributed by atoms with Crippen LogP contribution < -0.4 is 5.73 Å². The summed E-state index contributed by atoms with van der Waals surface area (Å²) in [4.78, 5) is 12.2. The highest BCUT2D eigenvalue weighted by molar-refractivity contribution is 6.18. The van der Waals surface area contributed by atoms with Crippen molar-refractivity contribution < 1.29 is 4.79 Å². The zero-order valence-corrected chi connectivity index (χ0v) is 17.5. The number of hydrogen-bond acceptors (Lipinski definition) is 1. The Bertz CT molecular complexity index is 1410. The van der Waals surface area contributed by atoms with E-state index in [1.165, 1.54) is 16.7 Å². The van der Waals surface area contributed by atoms with E-state index in [4.69, 9.17) is 5.73 Å². The minimum Gasteiger partial charge on any atom is -0.366 e. The lowest BCUT2D eigenvalue weighted by molar-refractivity contribution is 0.100. The molecule has 31 heavy (non-hydrogen) atoms. The van der Waals surface area contributed by atoms with E-state index in [0.29, 0.717) is 5.56 Å². The maximum absolute atomic E-state index is 12.2. The molecule has 0 unspecified atom stereocenters. The number of carbonyl (C=O) groups is 1. The average Bonchev–Trinajstić information content (AvgIpc) is 3.12. The molecule has 0 radical (unpaired) electrons. The standard InChI is InChI=1S/C28H24N2O/c1-2-19-8-6-9-20(16-19)18-30-25-13-7-12-24(28(29)31)27(25)23-15-14-22(17-26(23)30)21-10-4-3-5-11-21/h3-17H,2,18H2,1H3,(H2,29,31). The second-order valence-corrected chi connectivity index (χ2v) is 7.92. The quantitative estimate of drug-likeness (QED) is 0.374. The number of nitrogens with zero attached hydrogens (tertiary/aromatic N) is 1. The van der Waals surface area contributed by atoms with Gasteiger partial charge in [-0.2, -0.15) is 0 Å². The monoisotopic (exact) mass is 404 g/mol. The molecule has 1 heterocycles. The first-order valence-electron chi connectivity index (χ1n) is 10.6. The first-order chi connectivity index (χ1) is 15.2. The molecule has 0 spiro atoms. The van der Waals surface area contributed by atoms with Crippen LogP contribution in [-0.2, 0) is 13.0 Å². The van der Waals surface area contributed by atoms with Crippen molar-refractivity contribution in [2.75, 3.05) is 0 Å². The van der Waals surface area contributed by atoms with E-state index in [-0.39, 0.29) is 0 Å². The third-order valence-electron chi connectivity index (χ3n) is 6.00. The zero-order chi connectivity index (χ0) is 21.4. The number of benzene rings is 4. The Balaban J connectivity index is 1.79. The van der Waals surface area contributed by atoms with Crippen LogP contribution in [0.15, 0.2) is 91.0 Å². The molecule has 3 heteroatoms. The highest BCUT2D eigenvalue weighted by Crippen LogP contribution is 2.35. The Morgan fingerprint density at radius 3 is 2.32 bits per heavy atom. The number of rotatable bonds is 5. The minimum atomic E-state index is -0.398. The van der Waals surface area contributed by atoms with E-state index in [2.05, 4.69) is 84.3 Å². The summed E-state index contributed by atoms with van der Waals surface area (Å²) in [6.07, 6.45) is 1.00. The molecule has 4 aromatic carbocycles. The predicted molar refractivity (Wildman–Crippen MR) is 128 cm³/mol. The largest absolute Gasteiger partial charge is 0.366 e. The SMILES string of the molecule is CCc1cccc(Cn2c3cc(-c4ccccc4)ccc3c3c(C(N)=O)cccc32)c1. The third-order valence-corrected chi connectivity index (χ3v) is 6.00. The Kier molecular flexibility index (Phi) is 4.79. The Morgan fingerprint density at radius 1 is 0.774 bits per heavy atom. The molecule has 3 nitrogen and oxygen atoms in total. The molecule has 1 aromatic heterocycles. The van der Waals surface area contributed by atoms with Gasteiger partial charge in [-0.3, -0.25) is 4.79 Å². The number of fused-ring (bicyclic) bond motifs is 3. The number of primary amides is 1. The first-order valence-corrected chi connectivity index (χ1v) is 10.6. The summed E-state index contributed by atoms with van der Waals surface area (Å²) >= 11 is 0. The van der Waals surface area contributed by atoms with Gasteiger partial charge >= 0.3 is 0 Å². The minimum absolute atomic E-state index is 0.398. The maximum atomic E-state index is 12.2. The fourth-order valence-corrected chi connectivity index (χ4v) is 4.46. The summed E-state index contributed by atoms with van der Waals surface area (Å²) in [6.45, 7) is 2.90. The van der Waals surface area contributed by atoms with Crippen LogP contribution in [0.3, 0.4) is 0 Å². The molecule has 0 fully saturated rings. The highest BCUT2D eigenvalue weighted by atomic mass is 16.1. The topological polar surface area (TPSA) is 48.0 Å². The Labute approximate surface area is 181 Å². The first kappa shape index (κ1) is 19.1. The molecule has 0 atom stereocenters. The molecule has 2 N–H and O–H groups in total. The van der Waals surface area contributed by atoms with Gasteiger partial charge in [-0.15, -0.1) is 0 Å². The van der Waals surface area contributed by atoms with Crippen LogP contribution in [0.1, 0.15) is 28.4 Å². The summed E-state index contributed by atoms with van der Waals surface area (Å²) in [6, 6.07) is 31.3. The van der Waals surface area contributed by atoms with Crippen molar-refractivity contribution in [3.05, 3.63) is 108 Å². The van der Waals surface area contributed by atoms with Gasteiger partial charge in [0.25, 0.3) is 0 Å². The Hall–Kier alpha value is -3.85. The molecule has 0 bridgehead atoms. The van der Waals surface area contributed by atoms with Crippen LogP contribution in [0.4, 0.5) is 0 Å². The molecular formula is C28H24N2O. The second kappa shape index (κ2) is 7.77. The molecule has 5 aromatic rings. The van der Waals surface area contributed by atoms with Crippen molar-refractivity contribution >= 4 is 27.7 Å². The van der Waals surface area contributed by atoms with Crippen LogP contribution in [0.5, 0.6) is 0 Å². The number of amides is 1. The summed E-state index contributed by atoms with van der Waals surface area (Å²) in [7, 11) is 0. The normalized spacial score (nSPS) is 11.3. The summed E-state index contributed by atoms with van der Waals surface area (Å²) in [5.41, 5.74) is 13.3. The van der Waals surface area contributed by atoms with Crippen LogP contribution >= 0.6 is 0 Å². The van der Waals surface area contributed by atoms with E-state index in [0.717, 1.165) is 40.3 Å². The molecular weight excluding hydrogens is 380 g/mol. The lowest BCUT2D eigenvalue weighted by atomic mass is 10.0. The van der Waals surface area contributed by atoms with Gasteiger partial charge in [0.05, 0.1) is 11.0 Å². The molecule has 5 rings (SSSR count). The third kappa shape index (κ3) is 3.38. The van der Waals surface area contributed by atoms with E-state index < -0.39 is 5.91 Å². The summed E-state index contributed by atoms with van der Waals surface area (Å²) in [5.74, 6) is -0.398. The van der Waals surface area contributed by atoms with Crippen molar-refractivity contribution in [3.8, 4) is 11.1 Å². The van der Waals surface area contributed by atoms with Gasteiger partial charge in [0.2, 0.25) is 5.91 Å². The number of carbonyl (C=O) groups excluding carboxylic acids is 1. The van der Waals surface area contributed by atoms with Crippen molar-refractivity contribution in [3.63, 3.8) is 0 Å². The van der Waals surface area contributed by atoms with Gasteiger partial charge in [0, 0.05) is 22.9 Å². The average molecular weight is 405 g/mol. The van der Waals surface area contributed by atoms with Gasteiger partial charge < -0.3 is 10.3 Å². The fraction of sp³-hybridized carbons (Fsp3) is 0.107. The number of nitrogens with two attached hydrogens (primary N) is 1. The van der Waals surface area contributed by atoms with Crippen molar-refractivity contribution in [1.82, 2.24) is 4.57 Å². The van der Waals surface area contributed by atoms with Crippen molar-refractivity contribution in [2.24, 2.45) is 5.73 Å². The summed E-state index contributed by atoms with van der Waals surface area (Å²) in [5, 5.41) is 1.98. The van der Waals surface area contributed by atoms with Crippen LogP contribution in [0, 0.1) is 0 Å². The fourth-order valence-electron chi connectivity index (χ4n) is 4.46. The van der Waals surface area contributed by atoms with Gasteiger partial charge in [-0.05, 0) is 46.9 Å². The van der Waals surface area contributed by atoms with E-state index >= 15 is 0 Å².